The van der Waals surface area contributed by atoms with Crippen LogP contribution in [0.5, 0.6) is 0 Å². The SMILES string of the molecule is CN=C(NCC(=O)NC(C)C)N1CCCC2(CNC(=O)C2)C1. The average molecular weight is 309 g/mol. The maximum atomic E-state index is 11.7. The minimum Gasteiger partial charge on any atom is -0.355 e. The van der Waals surface area contributed by atoms with Gasteiger partial charge in [-0.1, -0.05) is 0 Å². The zero-order valence-corrected chi connectivity index (χ0v) is 13.7. The van der Waals surface area contributed by atoms with Crippen LogP contribution in [0.4, 0.5) is 0 Å². The van der Waals surface area contributed by atoms with Crippen LogP contribution in [0.25, 0.3) is 0 Å². The molecule has 0 bridgehead atoms. The molecular weight excluding hydrogens is 282 g/mol. The first-order valence-electron chi connectivity index (χ1n) is 7.96. The number of guanidine groups is 1. The predicted octanol–water partition coefficient (Wildman–Crippen LogP) is -0.311. The lowest BCUT2D eigenvalue weighted by molar-refractivity contribution is -0.121. The van der Waals surface area contributed by atoms with Crippen LogP contribution in [0.1, 0.15) is 33.1 Å². The van der Waals surface area contributed by atoms with Gasteiger partial charge < -0.3 is 20.9 Å². The summed E-state index contributed by atoms with van der Waals surface area (Å²) in [6.45, 7) is 6.54. The lowest BCUT2D eigenvalue weighted by atomic mass is 9.79. The van der Waals surface area contributed by atoms with Gasteiger partial charge >= 0.3 is 0 Å². The van der Waals surface area contributed by atoms with Crippen LogP contribution in [0.3, 0.4) is 0 Å². The topological polar surface area (TPSA) is 85.8 Å². The van der Waals surface area contributed by atoms with Crippen LogP contribution in [-0.2, 0) is 9.59 Å². The Morgan fingerprint density at radius 3 is 2.86 bits per heavy atom. The van der Waals surface area contributed by atoms with Gasteiger partial charge in [0.15, 0.2) is 5.96 Å². The van der Waals surface area contributed by atoms with Crippen LogP contribution in [0.2, 0.25) is 0 Å². The maximum Gasteiger partial charge on any atom is 0.239 e. The summed E-state index contributed by atoms with van der Waals surface area (Å²) >= 11 is 0. The third kappa shape index (κ3) is 4.11. The normalized spacial score (nSPS) is 25.5. The molecule has 0 aliphatic carbocycles. The summed E-state index contributed by atoms with van der Waals surface area (Å²) in [5, 5.41) is 8.91. The van der Waals surface area contributed by atoms with Gasteiger partial charge in [0, 0.05) is 44.6 Å². The molecule has 22 heavy (non-hydrogen) atoms. The number of aliphatic imine (C=N–C) groups is 1. The molecule has 1 unspecified atom stereocenters. The van der Waals surface area contributed by atoms with Crippen molar-refractivity contribution in [2.45, 2.75) is 39.2 Å². The summed E-state index contributed by atoms with van der Waals surface area (Å²) in [6.07, 6.45) is 2.69. The molecule has 2 heterocycles. The fraction of sp³-hybridized carbons (Fsp3) is 0.800. The van der Waals surface area contributed by atoms with Crippen molar-refractivity contribution in [3.63, 3.8) is 0 Å². The van der Waals surface area contributed by atoms with E-state index in [1.807, 2.05) is 13.8 Å². The van der Waals surface area contributed by atoms with E-state index >= 15 is 0 Å². The average Bonchev–Trinajstić information content (AvgIpc) is 2.79. The Hall–Kier alpha value is -1.79. The van der Waals surface area contributed by atoms with E-state index in [9.17, 15) is 9.59 Å². The molecule has 1 atom stereocenters. The van der Waals surface area contributed by atoms with Crippen molar-refractivity contribution in [2.75, 3.05) is 33.2 Å². The summed E-state index contributed by atoms with van der Waals surface area (Å²) < 4.78 is 0. The number of amides is 2. The van der Waals surface area contributed by atoms with Crippen molar-refractivity contribution in [2.24, 2.45) is 10.4 Å². The van der Waals surface area contributed by atoms with E-state index in [-0.39, 0.29) is 29.8 Å². The molecule has 2 saturated heterocycles. The molecule has 0 aromatic carbocycles. The number of nitrogens with zero attached hydrogens (tertiary/aromatic N) is 2. The van der Waals surface area contributed by atoms with Crippen LogP contribution >= 0.6 is 0 Å². The van der Waals surface area contributed by atoms with Gasteiger partial charge in [-0.3, -0.25) is 14.6 Å². The van der Waals surface area contributed by atoms with E-state index in [4.69, 9.17) is 0 Å². The zero-order valence-electron chi connectivity index (χ0n) is 13.7. The van der Waals surface area contributed by atoms with Crippen molar-refractivity contribution < 1.29 is 9.59 Å². The fourth-order valence-corrected chi connectivity index (χ4v) is 3.29. The van der Waals surface area contributed by atoms with Gasteiger partial charge in [-0.2, -0.15) is 0 Å². The van der Waals surface area contributed by atoms with E-state index in [1.165, 1.54) is 0 Å². The van der Waals surface area contributed by atoms with Crippen LogP contribution in [-0.4, -0.2) is 61.9 Å². The molecule has 2 rings (SSSR count). The number of rotatable bonds is 3. The molecule has 2 aliphatic rings. The minimum absolute atomic E-state index is 0.0210. The Morgan fingerprint density at radius 1 is 1.50 bits per heavy atom. The maximum absolute atomic E-state index is 11.7. The number of likely N-dealkylation sites (tertiary alicyclic amines) is 1. The van der Waals surface area contributed by atoms with Gasteiger partial charge in [0.05, 0.1) is 6.54 Å². The highest BCUT2D eigenvalue weighted by Gasteiger charge is 2.42. The second-order valence-corrected chi connectivity index (χ2v) is 6.60. The molecular formula is C15H27N5O2. The molecule has 3 N–H and O–H groups in total. The highest BCUT2D eigenvalue weighted by molar-refractivity contribution is 5.87. The first-order chi connectivity index (χ1) is 10.4. The standard InChI is InChI=1S/C15H27N5O2/c1-11(2)19-13(22)8-17-14(16-3)20-6-4-5-15(10-20)7-12(21)18-9-15/h11H,4-10H2,1-3H3,(H,16,17)(H,18,21)(H,19,22). The molecule has 2 fully saturated rings. The third-order valence-corrected chi connectivity index (χ3v) is 4.23. The number of hydrogen-bond acceptors (Lipinski definition) is 3. The largest absolute Gasteiger partial charge is 0.355 e. The number of nitrogens with one attached hydrogen (secondary N) is 3. The summed E-state index contributed by atoms with van der Waals surface area (Å²) in [6, 6.07) is 0.130. The molecule has 124 valence electrons. The van der Waals surface area contributed by atoms with Crippen LogP contribution in [0.15, 0.2) is 4.99 Å². The second kappa shape index (κ2) is 6.98. The van der Waals surface area contributed by atoms with Gasteiger partial charge in [-0.05, 0) is 26.7 Å². The Balaban J connectivity index is 1.90. The molecule has 7 heteroatoms. The van der Waals surface area contributed by atoms with Gasteiger partial charge in [0.25, 0.3) is 0 Å². The zero-order chi connectivity index (χ0) is 16.2. The lowest BCUT2D eigenvalue weighted by Crippen LogP contribution is -2.52. The van der Waals surface area contributed by atoms with Crippen molar-refractivity contribution in [1.82, 2.24) is 20.9 Å². The predicted molar refractivity (Wildman–Crippen MR) is 85.5 cm³/mol. The van der Waals surface area contributed by atoms with Gasteiger partial charge in [0.1, 0.15) is 0 Å². The Bertz CT molecular complexity index is 463. The van der Waals surface area contributed by atoms with Crippen LogP contribution in [0, 0.1) is 5.41 Å². The summed E-state index contributed by atoms with van der Waals surface area (Å²) in [4.78, 5) is 29.7. The molecule has 2 amide bonds. The number of hydrogen-bond donors (Lipinski definition) is 3. The highest BCUT2D eigenvalue weighted by Crippen LogP contribution is 2.35. The van der Waals surface area contributed by atoms with Gasteiger partial charge in [-0.15, -0.1) is 0 Å². The van der Waals surface area contributed by atoms with E-state index in [1.54, 1.807) is 7.05 Å². The first kappa shape index (κ1) is 16.6. The molecule has 0 saturated carbocycles. The number of carbonyl (C=O) groups is 2. The van der Waals surface area contributed by atoms with E-state index in [0.29, 0.717) is 6.42 Å². The van der Waals surface area contributed by atoms with Crippen molar-refractivity contribution >= 4 is 17.8 Å². The summed E-state index contributed by atoms with van der Waals surface area (Å²) in [5.74, 6) is 0.832. The molecule has 1 spiro atoms. The van der Waals surface area contributed by atoms with Crippen molar-refractivity contribution in [3.05, 3.63) is 0 Å². The fourth-order valence-electron chi connectivity index (χ4n) is 3.29. The molecule has 7 nitrogen and oxygen atoms in total. The third-order valence-electron chi connectivity index (χ3n) is 4.23. The molecule has 0 radical (unpaired) electrons. The first-order valence-corrected chi connectivity index (χ1v) is 7.96. The number of piperidine rings is 1. The van der Waals surface area contributed by atoms with Crippen molar-refractivity contribution in [3.8, 4) is 0 Å². The highest BCUT2D eigenvalue weighted by atomic mass is 16.2. The monoisotopic (exact) mass is 309 g/mol. The Labute approximate surface area is 131 Å². The molecule has 0 aromatic rings. The summed E-state index contributed by atoms with van der Waals surface area (Å²) in [7, 11) is 1.72. The van der Waals surface area contributed by atoms with E-state index in [0.717, 1.165) is 38.4 Å². The quantitative estimate of drug-likeness (QED) is 0.493. The molecule has 0 aromatic heterocycles. The van der Waals surface area contributed by atoms with E-state index in [2.05, 4.69) is 25.8 Å². The Morgan fingerprint density at radius 2 is 2.27 bits per heavy atom. The lowest BCUT2D eigenvalue weighted by Gasteiger charge is -2.40. The Kier molecular flexibility index (Phi) is 5.26. The van der Waals surface area contributed by atoms with Gasteiger partial charge in [0.2, 0.25) is 11.8 Å². The van der Waals surface area contributed by atoms with Gasteiger partial charge in [-0.25, -0.2) is 0 Å². The van der Waals surface area contributed by atoms with Crippen LogP contribution < -0.4 is 16.0 Å². The smallest absolute Gasteiger partial charge is 0.239 e. The minimum atomic E-state index is -0.0411. The number of carbonyl (C=O) groups excluding carboxylic acids is 2. The van der Waals surface area contributed by atoms with E-state index < -0.39 is 0 Å². The second-order valence-electron chi connectivity index (χ2n) is 6.60. The molecule has 2 aliphatic heterocycles. The summed E-state index contributed by atoms with van der Waals surface area (Å²) in [5.41, 5.74) is 0.0210. The van der Waals surface area contributed by atoms with Crippen molar-refractivity contribution in [1.29, 1.82) is 0 Å².